The molecule has 0 heterocycles. The number of hydrogen-bond donors (Lipinski definition) is 5. The van der Waals surface area contributed by atoms with Gasteiger partial charge in [-0.15, -0.1) is 6.58 Å². The van der Waals surface area contributed by atoms with Crippen LogP contribution in [-0.4, -0.2) is 62.8 Å². The van der Waals surface area contributed by atoms with Crippen LogP contribution in [-0.2, 0) is 4.74 Å². The van der Waals surface area contributed by atoms with Gasteiger partial charge in [-0.05, 0) is 0 Å². The molecule has 1 rings (SSSR count). The molecular weight excluding hydrogens is 204 g/mol. The van der Waals surface area contributed by atoms with Crippen molar-refractivity contribution in [2.24, 2.45) is 5.92 Å². The van der Waals surface area contributed by atoms with Gasteiger partial charge in [-0.3, -0.25) is 0 Å². The predicted molar refractivity (Wildman–Crippen MR) is 49.7 cm³/mol. The summed E-state index contributed by atoms with van der Waals surface area (Å²) < 4.78 is 4.75. The van der Waals surface area contributed by atoms with Gasteiger partial charge in [0.1, 0.15) is 6.10 Å². The average Bonchev–Trinajstić information content (AvgIpc) is 2.25. The summed E-state index contributed by atoms with van der Waals surface area (Å²) in [6.45, 7) is 2.79. The second kappa shape index (κ2) is 4.56. The molecule has 0 aromatic heterocycles. The molecule has 6 heteroatoms. The van der Waals surface area contributed by atoms with Gasteiger partial charge in [0.15, 0.2) is 11.9 Å². The van der Waals surface area contributed by atoms with Crippen LogP contribution in [0, 0.1) is 5.92 Å². The van der Waals surface area contributed by atoms with Crippen molar-refractivity contribution in [3.8, 4) is 0 Å². The van der Waals surface area contributed by atoms with E-state index >= 15 is 0 Å². The summed E-state index contributed by atoms with van der Waals surface area (Å²) in [6, 6.07) is 0. The molecule has 0 amide bonds. The molecule has 0 aromatic carbocycles. The van der Waals surface area contributed by atoms with Crippen LogP contribution in [0.1, 0.15) is 0 Å². The van der Waals surface area contributed by atoms with Crippen molar-refractivity contribution in [2.45, 2.75) is 24.1 Å². The quantitative estimate of drug-likeness (QED) is 0.260. The third-order valence-electron chi connectivity index (χ3n) is 2.77. The van der Waals surface area contributed by atoms with Gasteiger partial charge >= 0.3 is 0 Å². The van der Waals surface area contributed by atoms with E-state index in [-0.39, 0.29) is 6.61 Å². The second-order valence-corrected chi connectivity index (χ2v) is 3.59. The Morgan fingerprint density at radius 2 is 2.07 bits per heavy atom. The molecule has 3 unspecified atom stereocenters. The standard InChI is InChI=1S/C9H16O6/c1-2-3-15-8(13)9(14)5(4-10)6(11)7(9)12/h2,5-8,10-14H,1,3-4H2/t5?,6-,7?,8-,9?/m1/s1. The molecule has 1 aliphatic carbocycles. The number of aliphatic hydroxyl groups is 5. The first kappa shape index (κ1) is 12.6. The van der Waals surface area contributed by atoms with Crippen molar-refractivity contribution >= 4 is 0 Å². The Morgan fingerprint density at radius 3 is 2.53 bits per heavy atom. The van der Waals surface area contributed by atoms with Gasteiger partial charge in [0.2, 0.25) is 0 Å². The van der Waals surface area contributed by atoms with Crippen molar-refractivity contribution < 1.29 is 30.3 Å². The number of hydrogen-bond acceptors (Lipinski definition) is 6. The van der Waals surface area contributed by atoms with E-state index in [9.17, 15) is 20.4 Å². The minimum atomic E-state index is -2.03. The SMILES string of the molecule is C=CCO[C@@H](O)C1(O)C(O)[C@H](O)C1CO. The Morgan fingerprint density at radius 1 is 1.47 bits per heavy atom. The van der Waals surface area contributed by atoms with Crippen molar-refractivity contribution in [1.29, 1.82) is 0 Å². The van der Waals surface area contributed by atoms with Crippen LogP contribution in [0.4, 0.5) is 0 Å². The van der Waals surface area contributed by atoms with Gasteiger partial charge in [-0.2, -0.15) is 0 Å². The zero-order valence-corrected chi connectivity index (χ0v) is 8.15. The Bertz CT molecular complexity index is 233. The van der Waals surface area contributed by atoms with Gasteiger partial charge in [0, 0.05) is 5.92 Å². The largest absolute Gasteiger partial charge is 0.396 e. The summed E-state index contributed by atoms with van der Waals surface area (Å²) in [4.78, 5) is 0. The Hall–Kier alpha value is -0.500. The molecule has 88 valence electrons. The third-order valence-corrected chi connectivity index (χ3v) is 2.77. The van der Waals surface area contributed by atoms with Crippen LogP contribution in [0.25, 0.3) is 0 Å². The van der Waals surface area contributed by atoms with Crippen molar-refractivity contribution in [3.63, 3.8) is 0 Å². The molecule has 5 atom stereocenters. The first-order valence-corrected chi connectivity index (χ1v) is 4.60. The van der Waals surface area contributed by atoms with Crippen molar-refractivity contribution in [2.75, 3.05) is 13.2 Å². The highest BCUT2D eigenvalue weighted by molar-refractivity contribution is 5.12. The van der Waals surface area contributed by atoms with Gasteiger partial charge in [0.05, 0.1) is 19.3 Å². The lowest BCUT2D eigenvalue weighted by Gasteiger charge is -2.54. The number of aliphatic hydroxyl groups excluding tert-OH is 4. The Kier molecular flexibility index (Phi) is 3.82. The maximum atomic E-state index is 9.82. The highest BCUT2D eigenvalue weighted by Crippen LogP contribution is 2.41. The van der Waals surface area contributed by atoms with E-state index in [1.165, 1.54) is 6.08 Å². The molecule has 15 heavy (non-hydrogen) atoms. The summed E-state index contributed by atoms with van der Waals surface area (Å²) in [5.41, 5.74) is -2.03. The smallest absolute Gasteiger partial charge is 0.187 e. The summed E-state index contributed by atoms with van der Waals surface area (Å²) in [6.07, 6.45) is -3.11. The van der Waals surface area contributed by atoms with Gasteiger partial charge < -0.3 is 30.3 Å². The molecule has 1 aliphatic rings. The van der Waals surface area contributed by atoms with Gasteiger partial charge in [0.25, 0.3) is 0 Å². The number of ether oxygens (including phenoxy) is 1. The van der Waals surface area contributed by atoms with E-state index in [2.05, 4.69) is 6.58 Å². The maximum Gasteiger partial charge on any atom is 0.187 e. The lowest BCUT2D eigenvalue weighted by atomic mass is 9.64. The van der Waals surface area contributed by atoms with E-state index in [4.69, 9.17) is 9.84 Å². The van der Waals surface area contributed by atoms with E-state index in [1.807, 2.05) is 0 Å². The molecule has 0 spiro atoms. The van der Waals surface area contributed by atoms with Crippen molar-refractivity contribution in [1.82, 2.24) is 0 Å². The van der Waals surface area contributed by atoms with Crippen LogP contribution in [0.15, 0.2) is 12.7 Å². The molecule has 0 aromatic rings. The average molecular weight is 220 g/mol. The fourth-order valence-electron chi connectivity index (χ4n) is 1.74. The third kappa shape index (κ3) is 1.80. The van der Waals surface area contributed by atoms with Gasteiger partial charge in [-0.25, -0.2) is 0 Å². The fraction of sp³-hybridized carbons (Fsp3) is 0.778. The molecule has 1 fully saturated rings. The number of rotatable bonds is 5. The minimum Gasteiger partial charge on any atom is -0.396 e. The zero-order valence-electron chi connectivity index (χ0n) is 8.15. The molecule has 6 nitrogen and oxygen atoms in total. The molecule has 0 aliphatic heterocycles. The minimum absolute atomic E-state index is 0.00948. The Balaban J connectivity index is 2.67. The van der Waals surface area contributed by atoms with Crippen LogP contribution in [0.5, 0.6) is 0 Å². The molecule has 1 saturated carbocycles. The summed E-state index contributed by atoms with van der Waals surface area (Å²) in [5.74, 6) is -1.02. The monoisotopic (exact) mass is 220 g/mol. The Labute approximate surface area is 87.0 Å². The first-order valence-electron chi connectivity index (χ1n) is 4.60. The summed E-state index contributed by atoms with van der Waals surface area (Å²) >= 11 is 0. The van der Waals surface area contributed by atoms with Crippen LogP contribution < -0.4 is 0 Å². The van der Waals surface area contributed by atoms with E-state index in [1.54, 1.807) is 0 Å². The fourth-order valence-corrected chi connectivity index (χ4v) is 1.74. The van der Waals surface area contributed by atoms with Crippen LogP contribution in [0.3, 0.4) is 0 Å². The van der Waals surface area contributed by atoms with E-state index < -0.39 is 36.6 Å². The summed E-state index contributed by atoms with van der Waals surface area (Å²) in [7, 11) is 0. The second-order valence-electron chi connectivity index (χ2n) is 3.59. The van der Waals surface area contributed by atoms with E-state index in [0.29, 0.717) is 0 Å². The van der Waals surface area contributed by atoms with Gasteiger partial charge in [-0.1, -0.05) is 6.08 Å². The zero-order chi connectivity index (χ0) is 11.6. The van der Waals surface area contributed by atoms with E-state index in [0.717, 1.165) is 0 Å². The maximum absolute atomic E-state index is 9.82. The topological polar surface area (TPSA) is 110 Å². The predicted octanol–water partition coefficient (Wildman–Crippen LogP) is -2.42. The molecular formula is C9H16O6. The first-order chi connectivity index (χ1) is 7.00. The lowest BCUT2D eigenvalue weighted by molar-refractivity contribution is -0.345. The lowest BCUT2D eigenvalue weighted by Crippen LogP contribution is -2.75. The highest BCUT2D eigenvalue weighted by atomic mass is 16.6. The molecule has 0 radical (unpaired) electrons. The van der Waals surface area contributed by atoms with Crippen LogP contribution in [0.2, 0.25) is 0 Å². The molecule has 0 bridgehead atoms. The highest BCUT2D eigenvalue weighted by Gasteiger charge is 2.64. The summed E-state index contributed by atoms with van der Waals surface area (Å²) in [5, 5.41) is 46.7. The normalized spacial score (nSPS) is 42.1. The van der Waals surface area contributed by atoms with Crippen LogP contribution >= 0.6 is 0 Å². The van der Waals surface area contributed by atoms with Crippen molar-refractivity contribution in [3.05, 3.63) is 12.7 Å². The molecule has 5 N–H and O–H groups in total. The molecule has 0 saturated heterocycles.